The van der Waals surface area contributed by atoms with Crippen molar-refractivity contribution in [3.8, 4) is 0 Å². The summed E-state index contributed by atoms with van der Waals surface area (Å²) in [5.41, 5.74) is 2.34. The molecule has 1 atom stereocenters. The Kier molecular flexibility index (Phi) is 3.01. The number of aliphatic hydroxyl groups is 1. The number of rotatable bonds is 4. The number of nitrogens with one attached hydrogen (secondary N) is 1. The third-order valence-electron chi connectivity index (χ3n) is 3.06. The Morgan fingerprint density at radius 2 is 2.27 bits per heavy atom. The van der Waals surface area contributed by atoms with Gasteiger partial charge in [-0.2, -0.15) is 0 Å². The summed E-state index contributed by atoms with van der Waals surface area (Å²) in [6, 6.07) is 6.14. The van der Waals surface area contributed by atoms with E-state index in [0.29, 0.717) is 0 Å². The highest BCUT2D eigenvalue weighted by molar-refractivity contribution is 6.31. The Balaban J connectivity index is 1.99. The van der Waals surface area contributed by atoms with Crippen molar-refractivity contribution in [1.29, 1.82) is 0 Å². The first-order chi connectivity index (χ1) is 7.15. The van der Waals surface area contributed by atoms with Crippen LogP contribution in [0.1, 0.15) is 17.5 Å². The Morgan fingerprint density at radius 3 is 2.80 bits per heavy atom. The van der Waals surface area contributed by atoms with Gasteiger partial charge in [0.15, 0.2) is 0 Å². The van der Waals surface area contributed by atoms with E-state index in [9.17, 15) is 0 Å². The number of aryl methyl sites for hydroxylation is 2. The van der Waals surface area contributed by atoms with Crippen LogP contribution in [0.2, 0.25) is 5.02 Å². The molecule has 1 fully saturated rings. The molecule has 2 rings (SSSR count). The van der Waals surface area contributed by atoms with E-state index in [1.165, 1.54) is 11.1 Å². The lowest BCUT2D eigenvalue weighted by atomic mass is 9.99. The minimum absolute atomic E-state index is 0.0196. The maximum Gasteiger partial charge on any atom is 0.0625 e. The van der Waals surface area contributed by atoms with Crippen molar-refractivity contribution in [2.75, 3.05) is 13.2 Å². The Labute approximate surface area is 95.3 Å². The highest BCUT2D eigenvalue weighted by atomic mass is 35.5. The van der Waals surface area contributed by atoms with Crippen molar-refractivity contribution in [3.63, 3.8) is 0 Å². The van der Waals surface area contributed by atoms with Gasteiger partial charge in [0.05, 0.1) is 12.1 Å². The van der Waals surface area contributed by atoms with Crippen molar-refractivity contribution in [2.45, 2.75) is 25.3 Å². The van der Waals surface area contributed by atoms with Gasteiger partial charge in [-0.05, 0) is 37.0 Å². The number of halogens is 1. The molecule has 1 unspecified atom stereocenters. The first-order valence-corrected chi connectivity index (χ1v) is 5.64. The zero-order valence-electron chi connectivity index (χ0n) is 8.89. The summed E-state index contributed by atoms with van der Waals surface area (Å²) in [4.78, 5) is 0. The van der Waals surface area contributed by atoms with Gasteiger partial charge in [0.1, 0.15) is 0 Å². The molecular weight excluding hydrogens is 210 g/mol. The topological polar surface area (TPSA) is 42.2 Å². The van der Waals surface area contributed by atoms with Gasteiger partial charge in [-0.25, -0.2) is 0 Å². The van der Waals surface area contributed by atoms with Crippen LogP contribution < -0.4 is 5.32 Å². The van der Waals surface area contributed by atoms with Crippen LogP contribution in [-0.2, 0) is 6.42 Å². The minimum Gasteiger partial charge on any atom is -0.394 e. The molecule has 1 aromatic rings. The lowest BCUT2D eigenvalue weighted by Crippen LogP contribution is -2.21. The first kappa shape index (κ1) is 10.9. The predicted molar refractivity (Wildman–Crippen MR) is 62.3 cm³/mol. The fourth-order valence-corrected chi connectivity index (χ4v) is 2.05. The lowest BCUT2D eigenvalue weighted by molar-refractivity contribution is 0.244. The highest BCUT2D eigenvalue weighted by Gasteiger charge is 2.40. The van der Waals surface area contributed by atoms with E-state index in [4.69, 9.17) is 16.7 Å². The van der Waals surface area contributed by atoms with Gasteiger partial charge in [-0.15, -0.1) is 0 Å². The van der Waals surface area contributed by atoms with E-state index in [-0.39, 0.29) is 12.1 Å². The molecule has 0 saturated carbocycles. The summed E-state index contributed by atoms with van der Waals surface area (Å²) in [6.45, 7) is 3.18. The monoisotopic (exact) mass is 225 g/mol. The van der Waals surface area contributed by atoms with Gasteiger partial charge in [0, 0.05) is 11.6 Å². The standard InChI is InChI=1S/C12H16ClNO/c1-9-2-3-10(11(13)6-9)4-5-12(8-15)7-14-12/h2-3,6,14-15H,4-5,7-8H2,1H3. The van der Waals surface area contributed by atoms with Crippen molar-refractivity contribution in [1.82, 2.24) is 5.32 Å². The van der Waals surface area contributed by atoms with Crippen molar-refractivity contribution < 1.29 is 5.11 Å². The van der Waals surface area contributed by atoms with Crippen LogP contribution in [0.3, 0.4) is 0 Å². The molecule has 15 heavy (non-hydrogen) atoms. The molecule has 0 aromatic heterocycles. The SMILES string of the molecule is Cc1ccc(CCC2(CO)CN2)c(Cl)c1. The van der Waals surface area contributed by atoms with E-state index in [1.54, 1.807) is 0 Å². The molecule has 2 nitrogen and oxygen atoms in total. The second-order valence-corrected chi connectivity index (χ2v) is 4.79. The summed E-state index contributed by atoms with van der Waals surface area (Å²) in [6.07, 6.45) is 1.87. The van der Waals surface area contributed by atoms with Crippen LogP contribution in [-0.4, -0.2) is 23.8 Å². The number of hydrogen-bond acceptors (Lipinski definition) is 2. The normalized spacial score (nSPS) is 24.2. The molecular formula is C12H16ClNO. The molecule has 0 bridgehead atoms. The van der Waals surface area contributed by atoms with Crippen molar-refractivity contribution in [2.24, 2.45) is 0 Å². The highest BCUT2D eigenvalue weighted by Crippen LogP contribution is 2.26. The van der Waals surface area contributed by atoms with Gasteiger partial charge >= 0.3 is 0 Å². The molecule has 1 aliphatic rings. The maximum absolute atomic E-state index is 9.15. The largest absolute Gasteiger partial charge is 0.394 e. The van der Waals surface area contributed by atoms with E-state index in [2.05, 4.69) is 17.4 Å². The molecule has 3 heteroatoms. The van der Waals surface area contributed by atoms with Crippen LogP contribution in [0.15, 0.2) is 18.2 Å². The van der Waals surface area contributed by atoms with Gasteiger partial charge < -0.3 is 10.4 Å². The number of aliphatic hydroxyl groups excluding tert-OH is 1. The summed E-state index contributed by atoms with van der Waals surface area (Å²) < 4.78 is 0. The van der Waals surface area contributed by atoms with Crippen molar-refractivity contribution in [3.05, 3.63) is 34.3 Å². The van der Waals surface area contributed by atoms with Crippen LogP contribution >= 0.6 is 11.6 Å². The van der Waals surface area contributed by atoms with Crippen LogP contribution in [0.25, 0.3) is 0 Å². The Hall–Kier alpha value is -0.570. The smallest absolute Gasteiger partial charge is 0.0625 e. The summed E-state index contributed by atoms with van der Waals surface area (Å²) in [5, 5.41) is 13.2. The molecule has 0 aliphatic carbocycles. The first-order valence-electron chi connectivity index (χ1n) is 5.26. The zero-order chi connectivity index (χ0) is 10.9. The zero-order valence-corrected chi connectivity index (χ0v) is 9.64. The fraction of sp³-hybridized carbons (Fsp3) is 0.500. The van der Waals surface area contributed by atoms with Crippen LogP contribution in [0.4, 0.5) is 0 Å². The second kappa shape index (κ2) is 4.12. The lowest BCUT2D eigenvalue weighted by Gasteiger charge is -2.10. The van der Waals surface area contributed by atoms with Crippen molar-refractivity contribution >= 4 is 11.6 Å². The van der Waals surface area contributed by atoms with Gasteiger partial charge in [0.2, 0.25) is 0 Å². The molecule has 0 spiro atoms. The molecule has 0 radical (unpaired) electrons. The maximum atomic E-state index is 9.15. The molecule has 0 amide bonds. The van der Waals surface area contributed by atoms with Gasteiger partial charge in [-0.1, -0.05) is 23.7 Å². The molecule has 1 aliphatic heterocycles. The second-order valence-electron chi connectivity index (χ2n) is 4.39. The minimum atomic E-state index is -0.0196. The number of benzene rings is 1. The number of hydrogen-bond donors (Lipinski definition) is 2. The van der Waals surface area contributed by atoms with Gasteiger partial charge in [-0.3, -0.25) is 0 Å². The fourth-order valence-electron chi connectivity index (χ4n) is 1.72. The van der Waals surface area contributed by atoms with E-state index >= 15 is 0 Å². The molecule has 2 N–H and O–H groups in total. The van der Waals surface area contributed by atoms with E-state index < -0.39 is 0 Å². The van der Waals surface area contributed by atoms with Crippen LogP contribution in [0, 0.1) is 6.92 Å². The third-order valence-corrected chi connectivity index (χ3v) is 3.41. The van der Waals surface area contributed by atoms with E-state index in [1.807, 2.05) is 13.0 Å². The van der Waals surface area contributed by atoms with Crippen LogP contribution in [0.5, 0.6) is 0 Å². The van der Waals surface area contributed by atoms with Gasteiger partial charge in [0.25, 0.3) is 0 Å². The third kappa shape index (κ3) is 2.51. The Morgan fingerprint density at radius 1 is 1.53 bits per heavy atom. The van der Waals surface area contributed by atoms with E-state index in [0.717, 1.165) is 24.4 Å². The Bertz CT molecular complexity index is 361. The molecule has 1 heterocycles. The molecule has 82 valence electrons. The summed E-state index contributed by atoms with van der Waals surface area (Å²) >= 11 is 6.14. The quantitative estimate of drug-likeness (QED) is 0.769. The predicted octanol–water partition coefficient (Wildman–Crippen LogP) is 1.92. The summed E-state index contributed by atoms with van der Waals surface area (Å²) in [7, 11) is 0. The average molecular weight is 226 g/mol. The summed E-state index contributed by atoms with van der Waals surface area (Å²) in [5.74, 6) is 0. The molecule has 1 saturated heterocycles. The average Bonchev–Trinajstić information content (AvgIpc) is 2.97. The molecule has 1 aromatic carbocycles.